The standard InChI is InChI=1S/C18H18N4O5S/c1-13(2)21(28(25,26)16-10-8-15(9-11-16)22(23)24)12-17-19-18(20-27-17)14-6-4-3-5-7-14/h3-11,13H,12H2,1-2H3. The number of sulfonamides is 1. The first-order chi connectivity index (χ1) is 13.3. The molecule has 0 N–H and O–H groups in total. The highest BCUT2D eigenvalue weighted by Gasteiger charge is 2.29. The molecule has 9 nitrogen and oxygen atoms in total. The normalized spacial score (nSPS) is 11.9. The lowest BCUT2D eigenvalue weighted by Crippen LogP contribution is -2.36. The molecule has 0 saturated heterocycles. The molecule has 0 atom stereocenters. The molecule has 0 aliphatic heterocycles. The number of rotatable bonds is 7. The van der Waals surface area contributed by atoms with Gasteiger partial charge in [-0.25, -0.2) is 8.42 Å². The Morgan fingerprint density at radius 3 is 2.32 bits per heavy atom. The van der Waals surface area contributed by atoms with E-state index in [0.29, 0.717) is 5.82 Å². The molecule has 0 spiro atoms. The molecular formula is C18H18N4O5S. The van der Waals surface area contributed by atoms with Gasteiger partial charge in [0.2, 0.25) is 21.7 Å². The van der Waals surface area contributed by atoms with Crippen LogP contribution in [0.4, 0.5) is 5.69 Å². The van der Waals surface area contributed by atoms with Gasteiger partial charge in [-0.05, 0) is 26.0 Å². The Hall–Kier alpha value is -3.11. The van der Waals surface area contributed by atoms with Crippen molar-refractivity contribution in [3.63, 3.8) is 0 Å². The highest BCUT2D eigenvalue weighted by Crippen LogP contribution is 2.24. The van der Waals surface area contributed by atoms with Crippen molar-refractivity contribution in [2.75, 3.05) is 0 Å². The van der Waals surface area contributed by atoms with E-state index in [0.717, 1.165) is 17.7 Å². The number of aromatic nitrogens is 2. The highest BCUT2D eigenvalue weighted by atomic mass is 32.2. The van der Waals surface area contributed by atoms with Crippen LogP contribution < -0.4 is 0 Å². The minimum Gasteiger partial charge on any atom is -0.338 e. The van der Waals surface area contributed by atoms with Crippen molar-refractivity contribution >= 4 is 15.7 Å². The third-order valence-electron chi connectivity index (χ3n) is 4.02. The Morgan fingerprint density at radius 2 is 1.75 bits per heavy atom. The summed E-state index contributed by atoms with van der Waals surface area (Å²) in [5.74, 6) is 0.519. The number of benzene rings is 2. The summed E-state index contributed by atoms with van der Waals surface area (Å²) in [5, 5.41) is 14.7. The van der Waals surface area contributed by atoms with Gasteiger partial charge in [-0.2, -0.15) is 9.29 Å². The molecule has 0 bridgehead atoms. The molecule has 0 radical (unpaired) electrons. The first kappa shape index (κ1) is 19.6. The molecule has 3 rings (SSSR count). The van der Waals surface area contributed by atoms with Crippen molar-refractivity contribution in [3.8, 4) is 11.4 Å². The van der Waals surface area contributed by atoms with Crippen molar-refractivity contribution in [1.29, 1.82) is 0 Å². The van der Waals surface area contributed by atoms with Crippen LogP contribution in [0.3, 0.4) is 0 Å². The van der Waals surface area contributed by atoms with E-state index in [4.69, 9.17) is 4.52 Å². The van der Waals surface area contributed by atoms with Crippen LogP contribution >= 0.6 is 0 Å². The Kier molecular flexibility index (Phi) is 5.52. The lowest BCUT2D eigenvalue weighted by Gasteiger charge is -2.24. The third-order valence-corrected chi connectivity index (χ3v) is 6.06. The summed E-state index contributed by atoms with van der Waals surface area (Å²) in [6.07, 6.45) is 0. The number of nitro groups is 1. The fraction of sp³-hybridized carbons (Fsp3) is 0.222. The number of non-ortho nitro benzene ring substituents is 1. The molecule has 0 aliphatic carbocycles. The van der Waals surface area contributed by atoms with Gasteiger partial charge < -0.3 is 4.52 Å². The van der Waals surface area contributed by atoms with Gasteiger partial charge in [0.15, 0.2) is 0 Å². The fourth-order valence-electron chi connectivity index (χ4n) is 2.58. The highest BCUT2D eigenvalue weighted by molar-refractivity contribution is 7.89. The molecule has 0 saturated carbocycles. The SMILES string of the molecule is CC(C)N(Cc1nc(-c2ccccc2)no1)S(=O)(=O)c1ccc([N+](=O)[O-])cc1. The van der Waals surface area contributed by atoms with Crippen molar-refractivity contribution in [2.45, 2.75) is 31.3 Å². The van der Waals surface area contributed by atoms with Gasteiger partial charge in [0.1, 0.15) is 0 Å². The number of nitrogens with zero attached hydrogens (tertiary/aromatic N) is 4. The quantitative estimate of drug-likeness (QED) is 0.439. The lowest BCUT2D eigenvalue weighted by atomic mass is 10.2. The molecule has 3 aromatic rings. The molecule has 28 heavy (non-hydrogen) atoms. The fourth-order valence-corrected chi connectivity index (χ4v) is 4.16. The summed E-state index contributed by atoms with van der Waals surface area (Å²) in [6, 6.07) is 13.5. The number of hydrogen-bond donors (Lipinski definition) is 0. The topological polar surface area (TPSA) is 119 Å². The maximum atomic E-state index is 13.0. The summed E-state index contributed by atoms with van der Waals surface area (Å²) in [5.41, 5.74) is 0.575. The van der Waals surface area contributed by atoms with E-state index in [2.05, 4.69) is 10.1 Å². The van der Waals surface area contributed by atoms with Gasteiger partial charge in [0.05, 0.1) is 16.4 Å². The molecule has 146 valence electrons. The Balaban J connectivity index is 1.87. The molecule has 0 fully saturated rings. The van der Waals surface area contributed by atoms with Crippen LogP contribution in [0.2, 0.25) is 0 Å². The predicted octanol–water partition coefficient (Wildman–Crippen LogP) is 3.24. The lowest BCUT2D eigenvalue weighted by molar-refractivity contribution is -0.384. The van der Waals surface area contributed by atoms with Crippen molar-refractivity contribution in [1.82, 2.24) is 14.4 Å². The summed E-state index contributed by atoms with van der Waals surface area (Å²) in [6.45, 7) is 3.33. The van der Waals surface area contributed by atoms with Crippen LogP contribution in [0.1, 0.15) is 19.7 Å². The largest absolute Gasteiger partial charge is 0.338 e. The summed E-state index contributed by atoms with van der Waals surface area (Å²) >= 11 is 0. The number of nitro benzene ring substituents is 1. The Labute approximate surface area is 161 Å². The summed E-state index contributed by atoms with van der Waals surface area (Å²) in [7, 11) is -3.91. The first-order valence-electron chi connectivity index (χ1n) is 8.43. The van der Waals surface area contributed by atoms with Crippen molar-refractivity contribution in [2.24, 2.45) is 0 Å². The van der Waals surface area contributed by atoms with Crippen molar-refractivity contribution in [3.05, 3.63) is 70.6 Å². The van der Waals surface area contributed by atoms with Gasteiger partial charge in [-0.15, -0.1) is 0 Å². The zero-order valence-corrected chi connectivity index (χ0v) is 16.0. The van der Waals surface area contributed by atoms with Gasteiger partial charge in [0.25, 0.3) is 5.69 Å². The van der Waals surface area contributed by atoms with E-state index in [1.807, 2.05) is 30.3 Å². The monoisotopic (exact) mass is 402 g/mol. The van der Waals surface area contributed by atoms with Gasteiger partial charge >= 0.3 is 0 Å². The van der Waals surface area contributed by atoms with Gasteiger partial charge in [-0.1, -0.05) is 35.5 Å². The zero-order valence-electron chi connectivity index (χ0n) is 15.2. The van der Waals surface area contributed by atoms with Crippen molar-refractivity contribution < 1.29 is 17.9 Å². The van der Waals surface area contributed by atoms with Gasteiger partial charge in [0, 0.05) is 23.7 Å². The average molecular weight is 402 g/mol. The summed E-state index contributed by atoms with van der Waals surface area (Å²) in [4.78, 5) is 14.4. The van der Waals surface area contributed by atoms with Gasteiger partial charge in [-0.3, -0.25) is 10.1 Å². The second kappa shape index (κ2) is 7.87. The maximum Gasteiger partial charge on any atom is 0.269 e. The van der Waals surface area contributed by atoms with E-state index in [9.17, 15) is 18.5 Å². The third kappa shape index (κ3) is 4.07. The van der Waals surface area contributed by atoms with Crippen LogP contribution in [0.5, 0.6) is 0 Å². The second-order valence-electron chi connectivity index (χ2n) is 6.27. The van der Waals surface area contributed by atoms with E-state index in [-0.39, 0.29) is 23.0 Å². The predicted molar refractivity (Wildman–Crippen MR) is 101 cm³/mol. The Bertz CT molecular complexity index is 1060. The van der Waals surface area contributed by atoms with E-state index in [1.54, 1.807) is 13.8 Å². The molecule has 0 unspecified atom stereocenters. The average Bonchev–Trinajstić information content (AvgIpc) is 3.15. The van der Waals surface area contributed by atoms with E-state index < -0.39 is 21.0 Å². The second-order valence-corrected chi connectivity index (χ2v) is 8.16. The maximum absolute atomic E-state index is 13.0. The van der Waals surface area contributed by atoms with E-state index in [1.165, 1.54) is 16.4 Å². The first-order valence-corrected chi connectivity index (χ1v) is 9.87. The molecule has 0 amide bonds. The Morgan fingerprint density at radius 1 is 1.11 bits per heavy atom. The minimum atomic E-state index is -3.91. The zero-order chi connectivity index (χ0) is 20.3. The van der Waals surface area contributed by atoms with E-state index >= 15 is 0 Å². The molecule has 1 heterocycles. The van der Waals surface area contributed by atoms with Crippen LogP contribution in [0.15, 0.2) is 64.0 Å². The molecule has 0 aliphatic rings. The van der Waals surface area contributed by atoms with Crippen LogP contribution in [-0.2, 0) is 16.6 Å². The molecule has 1 aromatic heterocycles. The smallest absolute Gasteiger partial charge is 0.269 e. The number of hydrogen-bond acceptors (Lipinski definition) is 7. The summed E-state index contributed by atoms with van der Waals surface area (Å²) < 4.78 is 32.4. The molecular weight excluding hydrogens is 384 g/mol. The molecule has 2 aromatic carbocycles. The minimum absolute atomic E-state index is 0.0467. The molecule has 10 heteroatoms. The van der Waals surface area contributed by atoms with Crippen LogP contribution in [-0.4, -0.2) is 33.8 Å². The van der Waals surface area contributed by atoms with Crippen LogP contribution in [0, 0.1) is 10.1 Å². The van der Waals surface area contributed by atoms with Crippen LogP contribution in [0.25, 0.3) is 11.4 Å².